The number of hydrogen-bond donors (Lipinski definition) is 3. The van der Waals surface area contributed by atoms with E-state index in [0.29, 0.717) is 6.42 Å². The smallest absolute Gasteiger partial charge is 0.226 e. The summed E-state index contributed by atoms with van der Waals surface area (Å²) in [6.07, 6.45) is -1.14. The number of carbonyl (C=O) groups is 1. The molecule has 0 bridgehead atoms. The SMILES string of the molecule is NC(=O)[CH]C(O)O. The number of hydrogen-bond acceptors (Lipinski definition) is 3. The van der Waals surface area contributed by atoms with Crippen molar-refractivity contribution in [3.63, 3.8) is 0 Å². The van der Waals surface area contributed by atoms with Gasteiger partial charge < -0.3 is 15.9 Å². The van der Waals surface area contributed by atoms with Crippen LogP contribution in [0.4, 0.5) is 0 Å². The molecule has 4 nitrogen and oxygen atoms in total. The molecule has 0 fully saturated rings. The molecule has 4 N–H and O–H groups in total. The van der Waals surface area contributed by atoms with Crippen LogP contribution in [0.1, 0.15) is 0 Å². The van der Waals surface area contributed by atoms with Crippen molar-refractivity contribution in [2.75, 3.05) is 0 Å². The van der Waals surface area contributed by atoms with E-state index in [1.54, 1.807) is 0 Å². The Kier molecular flexibility index (Phi) is 2.32. The highest BCUT2D eigenvalue weighted by Crippen LogP contribution is 1.77. The fourth-order valence-corrected chi connectivity index (χ4v) is 0.147. The summed E-state index contributed by atoms with van der Waals surface area (Å²) in [6.45, 7) is 0. The molecule has 0 saturated heterocycles. The molecule has 0 saturated carbocycles. The molecule has 1 amide bonds. The second-order valence-corrected chi connectivity index (χ2v) is 0.983. The number of aliphatic hydroxyl groups is 2. The number of primary amides is 1. The van der Waals surface area contributed by atoms with Gasteiger partial charge in [0.1, 0.15) is 6.42 Å². The molecule has 0 aromatic rings. The molecular weight excluding hydrogens is 98.0 g/mol. The number of carbonyl (C=O) groups excluding carboxylic acids is 1. The zero-order valence-electron chi connectivity index (χ0n) is 3.53. The lowest BCUT2D eigenvalue weighted by atomic mass is 10.4. The largest absolute Gasteiger partial charge is 0.369 e. The average Bonchev–Trinajstić information content (AvgIpc) is 1.27. The van der Waals surface area contributed by atoms with Crippen molar-refractivity contribution in [1.29, 1.82) is 0 Å². The summed E-state index contributed by atoms with van der Waals surface area (Å²) in [5, 5.41) is 15.8. The fourth-order valence-electron chi connectivity index (χ4n) is 0.147. The Labute approximate surface area is 40.6 Å². The van der Waals surface area contributed by atoms with Gasteiger partial charge in [0.2, 0.25) is 5.91 Å². The summed E-state index contributed by atoms with van der Waals surface area (Å²) in [5.74, 6) is -0.838. The minimum atomic E-state index is -1.72. The Hall–Kier alpha value is -0.610. The number of nitrogens with two attached hydrogens (primary N) is 1. The summed E-state index contributed by atoms with van der Waals surface area (Å²) >= 11 is 0. The second kappa shape index (κ2) is 2.54. The molecular formula is C3H6NO3. The van der Waals surface area contributed by atoms with Crippen LogP contribution < -0.4 is 5.73 Å². The highest BCUT2D eigenvalue weighted by molar-refractivity contribution is 5.83. The molecule has 7 heavy (non-hydrogen) atoms. The van der Waals surface area contributed by atoms with Gasteiger partial charge in [0.05, 0.1) is 0 Å². The maximum Gasteiger partial charge on any atom is 0.226 e. The monoisotopic (exact) mass is 104 g/mol. The third-order valence-corrected chi connectivity index (χ3v) is 0.313. The molecule has 0 aliphatic rings. The van der Waals surface area contributed by atoms with E-state index < -0.39 is 12.2 Å². The molecule has 41 valence electrons. The second-order valence-electron chi connectivity index (χ2n) is 0.983. The normalized spacial score (nSPS) is 9.57. The molecule has 0 aromatic carbocycles. The molecule has 0 aromatic heterocycles. The molecule has 0 aliphatic carbocycles. The molecule has 4 heteroatoms. The van der Waals surface area contributed by atoms with E-state index in [1.807, 2.05) is 0 Å². The lowest BCUT2D eigenvalue weighted by molar-refractivity contribution is -0.118. The summed E-state index contributed by atoms with van der Waals surface area (Å²) in [6, 6.07) is 0. The van der Waals surface area contributed by atoms with Gasteiger partial charge in [-0.3, -0.25) is 4.79 Å². The Morgan fingerprint density at radius 2 is 2.14 bits per heavy atom. The fraction of sp³-hybridized carbons (Fsp3) is 0.333. The summed E-state index contributed by atoms with van der Waals surface area (Å²) in [7, 11) is 0. The zero-order valence-corrected chi connectivity index (χ0v) is 3.53. The number of amides is 1. The Morgan fingerprint density at radius 1 is 1.71 bits per heavy atom. The van der Waals surface area contributed by atoms with Crippen LogP contribution in [0.5, 0.6) is 0 Å². The number of aliphatic hydroxyl groups excluding tert-OH is 1. The van der Waals surface area contributed by atoms with Crippen molar-refractivity contribution >= 4 is 5.91 Å². The first kappa shape index (κ1) is 6.39. The standard InChI is InChI=1S/C3H6NO3/c4-2(5)1-3(6)7/h1,3,6-7H,(H2,4,5). The molecule has 0 aliphatic heterocycles. The van der Waals surface area contributed by atoms with Gasteiger partial charge in [-0.15, -0.1) is 0 Å². The molecule has 0 unspecified atom stereocenters. The minimum Gasteiger partial charge on any atom is -0.369 e. The van der Waals surface area contributed by atoms with Crippen LogP contribution in [-0.2, 0) is 4.79 Å². The van der Waals surface area contributed by atoms with Crippen LogP contribution in [0.15, 0.2) is 0 Å². The van der Waals surface area contributed by atoms with Crippen LogP contribution in [0, 0.1) is 6.42 Å². The van der Waals surface area contributed by atoms with Crippen LogP contribution >= 0.6 is 0 Å². The third kappa shape index (κ3) is 5.39. The Balaban J connectivity index is 3.13. The quantitative estimate of drug-likeness (QED) is 0.354. The molecule has 0 spiro atoms. The summed E-state index contributed by atoms with van der Waals surface area (Å²) < 4.78 is 0. The summed E-state index contributed by atoms with van der Waals surface area (Å²) in [5.41, 5.74) is 4.48. The highest BCUT2D eigenvalue weighted by atomic mass is 16.5. The topological polar surface area (TPSA) is 83.6 Å². The van der Waals surface area contributed by atoms with Crippen LogP contribution in [-0.4, -0.2) is 22.4 Å². The van der Waals surface area contributed by atoms with Gasteiger partial charge >= 0.3 is 0 Å². The average molecular weight is 104 g/mol. The summed E-state index contributed by atoms with van der Waals surface area (Å²) in [4.78, 5) is 9.66. The van der Waals surface area contributed by atoms with Gasteiger partial charge in [-0.1, -0.05) is 0 Å². The molecule has 1 radical (unpaired) electrons. The van der Waals surface area contributed by atoms with Crippen molar-refractivity contribution in [3.05, 3.63) is 6.42 Å². The lowest BCUT2D eigenvalue weighted by Crippen LogP contribution is -2.19. The van der Waals surface area contributed by atoms with Crippen LogP contribution in [0.25, 0.3) is 0 Å². The van der Waals surface area contributed by atoms with Crippen molar-refractivity contribution in [3.8, 4) is 0 Å². The van der Waals surface area contributed by atoms with Gasteiger partial charge in [0, 0.05) is 0 Å². The van der Waals surface area contributed by atoms with Gasteiger partial charge in [-0.2, -0.15) is 0 Å². The Morgan fingerprint density at radius 3 is 2.14 bits per heavy atom. The maximum absolute atomic E-state index is 9.66. The van der Waals surface area contributed by atoms with Gasteiger partial charge in [0.25, 0.3) is 0 Å². The molecule has 0 rings (SSSR count). The Bertz CT molecular complexity index is 70.6. The highest BCUT2D eigenvalue weighted by Gasteiger charge is 2.00. The van der Waals surface area contributed by atoms with Crippen molar-refractivity contribution in [2.45, 2.75) is 6.29 Å². The van der Waals surface area contributed by atoms with E-state index in [2.05, 4.69) is 5.73 Å². The van der Waals surface area contributed by atoms with E-state index in [-0.39, 0.29) is 0 Å². The van der Waals surface area contributed by atoms with Crippen molar-refractivity contribution < 1.29 is 15.0 Å². The molecule has 0 atom stereocenters. The maximum atomic E-state index is 9.66. The van der Waals surface area contributed by atoms with E-state index in [0.717, 1.165) is 0 Å². The van der Waals surface area contributed by atoms with E-state index >= 15 is 0 Å². The van der Waals surface area contributed by atoms with E-state index in [1.165, 1.54) is 0 Å². The predicted octanol–water partition coefficient (Wildman–Crippen LogP) is -2.01. The van der Waals surface area contributed by atoms with Crippen molar-refractivity contribution in [2.24, 2.45) is 5.73 Å². The third-order valence-electron chi connectivity index (χ3n) is 0.313. The van der Waals surface area contributed by atoms with Gasteiger partial charge in [-0.25, -0.2) is 0 Å². The van der Waals surface area contributed by atoms with Gasteiger partial charge in [-0.05, 0) is 0 Å². The van der Waals surface area contributed by atoms with Crippen molar-refractivity contribution in [1.82, 2.24) is 0 Å². The lowest BCUT2D eigenvalue weighted by Gasteiger charge is -1.93. The van der Waals surface area contributed by atoms with Crippen LogP contribution in [0.3, 0.4) is 0 Å². The zero-order chi connectivity index (χ0) is 5.86. The van der Waals surface area contributed by atoms with Gasteiger partial charge in [0.15, 0.2) is 6.29 Å². The van der Waals surface area contributed by atoms with Crippen LogP contribution in [0.2, 0.25) is 0 Å². The minimum absolute atomic E-state index is 0.583. The first-order valence-electron chi connectivity index (χ1n) is 1.63. The molecule has 0 heterocycles. The first-order valence-corrected chi connectivity index (χ1v) is 1.63. The predicted molar refractivity (Wildman–Crippen MR) is 21.7 cm³/mol. The van der Waals surface area contributed by atoms with E-state index in [9.17, 15) is 4.79 Å². The number of rotatable bonds is 2. The first-order chi connectivity index (χ1) is 3.13. The van der Waals surface area contributed by atoms with E-state index in [4.69, 9.17) is 10.2 Å².